The van der Waals surface area contributed by atoms with Crippen LogP contribution in [0.5, 0.6) is 0 Å². The summed E-state index contributed by atoms with van der Waals surface area (Å²) < 4.78 is 0.334. The molecule has 1 aliphatic carbocycles. The summed E-state index contributed by atoms with van der Waals surface area (Å²) in [6.45, 7) is 2.09. The second kappa shape index (κ2) is 6.45. The van der Waals surface area contributed by atoms with Crippen molar-refractivity contribution in [1.29, 1.82) is 0 Å². The van der Waals surface area contributed by atoms with Crippen LogP contribution in [0.25, 0.3) is 0 Å². The maximum atomic E-state index is 12.4. The van der Waals surface area contributed by atoms with Crippen molar-refractivity contribution < 1.29 is 4.79 Å². The van der Waals surface area contributed by atoms with Gasteiger partial charge in [0.2, 0.25) is 0 Å². The number of nitrogens with zero attached hydrogens (tertiary/aromatic N) is 1. The fraction of sp³-hybridized carbons (Fsp3) is 0.350. The molecule has 0 heterocycles. The van der Waals surface area contributed by atoms with Crippen LogP contribution in [0.1, 0.15) is 37.7 Å². The van der Waals surface area contributed by atoms with Crippen LogP contribution < -0.4 is 4.48 Å². The van der Waals surface area contributed by atoms with Crippen molar-refractivity contribution in [3.8, 4) is 0 Å². The molecule has 114 valence electrons. The highest BCUT2D eigenvalue weighted by molar-refractivity contribution is 5.81. The minimum atomic E-state index is 0.334. The molecule has 1 unspecified atom stereocenters. The van der Waals surface area contributed by atoms with E-state index in [2.05, 4.69) is 43.3 Å². The zero-order chi connectivity index (χ0) is 15.4. The highest BCUT2D eigenvalue weighted by Gasteiger charge is 2.42. The first-order chi connectivity index (χ1) is 10.8. The van der Waals surface area contributed by atoms with Crippen molar-refractivity contribution >= 4 is 17.8 Å². The van der Waals surface area contributed by atoms with Gasteiger partial charge < -0.3 is 0 Å². The standard InChI is InChI=1S/C20H24NO/c1-17-12-14-20(15-13-17)21(16-22,18-8-4-2-5-9-18)19-10-6-3-7-11-19/h2,4-5,8-9,12-16,19H,3,6-7,10-11H2,1H3/q+1. The Bertz CT molecular complexity index is 614. The Morgan fingerprint density at radius 1 is 0.864 bits per heavy atom. The molecule has 2 heteroatoms. The number of carbonyl (C=O) groups excluding carboxylic acids is 1. The van der Waals surface area contributed by atoms with Gasteiger partial charge in [0, 0.05) is 37.1 Å². The van der Waals surface area contributed by atoms with Crippen molar-refractivity contribution in [3.63, 3.8) is 0 Å². The van der Waals surface area contributed by atoms with Crippen molar-refractivity contribution in [2.75, 3.05) is 0 Å². The summed E-state index contributed by atoms with van der Waals surface area (Å²) in [7, 11) is 0. The molecule has 0 N–H and O–H groups in total. The third-order valence-corrected chi connectivity index (χ3v) is 4.96. The zero-order valence-electron chi connectivity index (χ0n) is 13.2. The van der Waals surface area contributed by atoms with Crippen LogP contribution in [0.15, 0.2) is 54.6 Å². The van der Waals surface area contributed by atoms with Gasteiger partial charge in [-0.2, -0.15) is 4.48 Å². The summed E-state index contributed by atoms with van der Waals surface area (Å²) in [6, 6.07) is 19.0. The summed E-state index contributed by atoms with van der Waals surface area (Å²) in [6.07, 6.45) is 7.10. The Morgan fingerprint density at radius 2 is 1.45 bits per heavy atom. The topological polar surface area (TPSA) is 17.1 Å². The predicted octanol–water partition coefficient (Wildman–Crippen LogP) is 5.12. The molecule has 2 aromatic carbocycles. The van der Waals surface area contributed by atoms with E-state index in [1.165, 1.54) is 24.8 Å². The lowest BCUT2D eigenvalue weighted by Gasteiger charge is -2.40. The van der Waals surface area contributed by atoms with E-state index in [1.807, 2.05) is 18.2 Å². The van der Waals surface area contributed by atoms with Crippen LogP contribution in [0.2, 0.25) is 0 Å². The van der Waals surface area contributed by atoms with Gasteiger partial charge in [0.25, 0.3) is 0 Å². The molecule has 0 aromatic heterocycles. The normalized spacial score (nSPS) is 18.6. The molecule has 1 atom stereocenters. The van der Waals surface area contributed by atoms with Crippen molar-refractivity contribution in [1.82, 2.24) is 4.48 Å². The smallest absolute Gasteiger partial charge is 0.233 e. The molecule has 0 bridgehead atoms. The fourth-order valence-electron chi connectivity index (χ4n) is 3.73. The zero-order valence-corrected chi connectivity index (χ0v) is 13.2. The molecular weight excluding hydrogens is 270 g/mol. The van der Waals surface area contributed by atoms with E-state index in [1.54, 1.807) is 0 Å². The average molecular weight is 294 g/mol. The van der Waals surface area contributed by atoms with E-state index in [-0.39, 0.29) is 0 Å². The Balaban J connectivity index is 2.15. The first-order valence-electron chi connectivity index (χ1n) is 8.25. The number of rotatable bonds is 4. The van der Waals surface area contributed by atoms with Crippen molar-refractivity contribution in [3.05, 3.63) is 60.2 Å². The van der Waals surface area contributed by atoms with E-state index in [4.69, 9.17) is 0 Å². The van der Waals surface area contributed by atoms with Gasteiger partial charge in [-0.05, 0) is 19.8 Å². The lowest BCUT2D eigenvalue weighted by atomic mass is 9.91. The number of amides is 1. The molecule has 22 heavy (non-hydrogen) atoms. The SMILES string of the molecule is Cc1ccc([N+](C=O)(c2ccccc2)C2CCCCC2)cc1. The van der Waals surface area contributed by atoms with Crippen LogP contribution in [0.4, 0.5) is 11.4 Å². The number of carbonyl (C=O) groups is 1. The first kappa shape index (κ1) is 15.0. The van der Waals surface area contributed by atoms with Crippen LogP contribution in [0, 0.1) is 6.92 Å². The highest BCUT2D eigenvalue weighted by Crippen LogP contribution is 2.40. The van der Waals surface area contributed by atoms with Crippen molar-refractivity contribution in [2.24, 2.45) is 0 Å². The van der Waals surface area contributed by atoms with E-state index in [9.17, 15) is 4.79 Å². The number of para-hydroxylation sites is 1. The summed E-state index contributed by atoms with van der Waals surface area (Å²) in [5.74, 6) is 0. The molecule has 3 rings (SSSR count). The second-order valence-corrected chi connectivity index (χ2v) is 6.35. The molecule has 1 saturated carbocycles. The van der Waals surface area contributed by atoms with Gasteiger partial charge >= 0.3 is 6.41 Å². The monoisotopic (exact) mass is 294 g/mol. The van der Waals surface area contributed by atoms with Gasteiger partial charge in [0.15, 0.2) is 0 Å². The van der Waals surface area contributed by atoms with Crippen LogP contribution in [0.3, 0.4) is 0 Å². The van der Waals surface area contributed by atoms with Gasteiger partial charge in [-0.1, -0.05) is 42.3 Å². The quantitative estimate of drug-likeness (QED) is 0.565. The molecule has 1 fully saturated rings. The van der Waals surface area contributed by atoms with Gasteiger partial charge in [0.1, 0.15) is 17.4 Å². The highest BCUT2D eigenvalue weighted by atomic mass is 16.1. The molecule has 1 aliphatic rings. The third-order valence-electron chi connectivity index (χ3n) is 4.96. The largest absolute Gasteiger partial charge is 0.311 e. The maximum Gasteiger partial charge on any atom is 0.311 e. The van der Waals surface area contributed by atoms with Crippen LogP contribution in [-0.2, 0) is 4.79 Å². The molecular formula is C20H24NO+. The van der Waals surface area contributed by atoms with E-state index in [0.717, 1.165) is 30.6 Å². The number of hydrogen-bond acceptors (Lipinski definition) is 1. The van der Waals surface area contributed by atoms with E-state index >= 15 is 0 Å². The molecule has 0 aliphatic heterocycles. The fourth-order valence-corrected chi connectivity index (χ4v) is 3.73. The maximum absolute atomic E-state index is 12.4. The Hall–Kier alpha value is -1.93. The van der Waals surface area contributed by atoms with E-state index in [0.29, 0.717) is 10.5 Å². The minimum Gasteiger partial charge on any atom is -0.233 e. The molecule has 1 amide bonds. The van der Waals surface area contributed by atoms with Crippen molar-refractivity contribution in [2.45, 2.75) is 45.1 Å². The Kier molecular flexibility index (Phi) is 4.39. The molecule has 2 nitrogen and oxygen atoms in total. The lowest BCUT2D eigenvalue weighted by Crippen LogP contribution is -2.52. The number of hydrogen-bond donors (Lipinski definition) is 0. The first-order valence-corrected chi connectivity index (χ1v) is 8.25. The van der Waals surface area contributed by atoms with E-state index < -0.39 is 0 Å². The number of aryl methyl sites for hydroxylation is 1. The van der Waals surface area contributed by atoms with Crippen LogP contribution >= 0.6 is 0 Å². The molecule has 2 aromatic rings. The predicted molar refractivity (Wildman–Crippen MR) is 92.0 cm³/mol. The minimum absolute atomic E-state index is 0.334. The Morgan fingerprint density at radius 3 is 2.05 bits per heavy atom. The molecule has 0 radical (unpaired) electrons. The van der Waals surface area contributed by atoms with Gasteiger partial charge in [-0.15, -0.1) is 0 Å². The van der Waals surface area contributed by atoms with Gasteiger partial charge in [-0.3, -0.25) is 0 Å². The molecule has 0 spiro atoms. The average Bonchev–Trinajstić information content (AvgIpc) is 2.59. The number of quaternary nitrogens is 1. The Labute approximate surface area is 133 Å². The summed E-state index contributed by atoms with van der Waals surface area (Å²) in [5, 5.41) is 0. The summed E-state index contributed by atoms with van der Waals surface area (Å²) in [4.78, 5) is 12.4. The summed E-state index contributed by atoms with van der Waals surface area (Å²) >= 11 is 0. The van der Waals surface area contributed by atoms with Crippen LogP contribution in [-0.4, -0.2) is 12.5 Å². The van der Waals surface area contributed by atoms with Gasteiger partial charge in [-0.25, -0.2) is 4.79 Å². The lowest BCUT2D eigenvalue weighted by molar-refractivity contribution is -0.117. The number of benzene rings is 2. The van der Waals surface area contributed by atoms with Gasteiger partial charge in [0.05, 0.1) is 0 Å². The third kappa shape index (κ3) is 2.59. The second-order valence-electron chi connectivity index (χ2n) is 6.35. The summed E-state index contributed by atoms with van der Waals surface area (Å²) in [5.41, 5.74) is 3.39. The molecule has 0 saturated heterocycles.